The summed E-state index contributed by atoms with van der Waals surface area (Å²) in [6, 6.07) is 33.7. The highest BCUT2D eigenvalue weighted by Crippen LogP contribution is 2.62. The van der Waals surface area contributed by atoms with Crippen molar-refractivity contribution >= 4 is 33.4 Å². The van der Waals surface area contributed by atoms with E-state index in [0.29, 0.717) is 0 Å². The van der Waals surface area contributed by atoms with Gasteiger partial charge in [-0.15, -0.1) is 22.7 Å². The van der Waals surface area contributed by atoms with Crippen LogP contribution in [0.15, 0.2) is 91.0 Å². The molecule has 0 amide bonds. The second kappa shape index (κ2) is 6.32. The van der Waals surface area contributed by atoms with Crippen molar-refractivity contribution in [3.05, 3.63) is 95.9 Å². The van der Waals surface area contributed by atoms with E-state index in [1.807, 2.05) is 22.7 Å². The van der Waals surface area contributed by atoms with Crippen LogP contribution in [-0.2, 0) is 0 Å². The third-order valence-corrected chi connectivity index (χ3v) is 9.44. The van der Waals surface area contributed by atoms with Crippen molar-refractivity contribution in [1.29, 1.82) is 0 Å². The minimum absolute atomic E-state index is 1.30. The number of hydrogen-bond donors (Lipinski definition) is 0. The van der Waals surface area contributed by atoms with E-state index >= 15 is 0 Å². The van der Waals surface area contributed by atoms with Crippen molar-refractivity contribution < 1.29 is 0 Å². The zero-order valence-electron chi connectivity index (χ0n) is 18.0. The van der Waals surface area contributed by atoms with Crippen molar-refractivity contribution in [2.24, 2.45) is 0 Å². The van der Waals surface area contributed by atoms with Crippen LogP contribution in [0.25, 0.3) is 75.5 Å². The van der Waals surface area contributed by atoms with Crippen LogP contribution in [0, 0.1) is 6.92 Å². The Morgan fingerprint density at radius 2 is 0.970 bits per heavy atom. The Labute approximate surface area is 200 Å². The Hall–Kier alpha value is -3.46. The monoisotopic (exact) mass is 454 g/mol. The predicted molar refractivity (Wildman–Crippen MR) is 144 cm³/mol. The standard InChI is InChI=1S/C31H18S2/c1-17-16-24-20-12-13-21-26-22(14-15-23(25(20)26)31(24)32-17)28-27(21)29(18-8-4-2-5-9-18)33-30(28)19-10-6-3-7-11-19/h2-16H,1H3. The van der Waals surface area contributed by atoms with Crippen LogP contribution in [0.5, 0.6) is 0 Å². The van der Waals surface area contributed by atoms with Gasteiger partial charge in [-0.05, 0) is 51.6 Å². The molecular weight excluding hydrogens is 436 g/mol. The third kappa shape index (κ3) is 2.25. The van der Waals surface area contributed by atoms with Crippen molar-refractivity contribution in [2.45, 2.75) is 6.92 Å². The van der Waals surface area contributed by atoms with Crippen LogP contribution < -0.4 is 0 Å². The molecule has 0 atom stereocenters. The molecule has 8 rings (SSSR count). The van der Waals surface area contributed by atoms with E-state index in [1.54, 1.807) is 0 Å². The molecule has 154 valence electrons. The summed E-state index contributed by atoms with van der Waals surface area (Å²) in [5.41, 5.74) is 12.4. The molecule has 6 aromatic rings. The molecule has 0 fully saturated rings. The predicted octanol–water partition coefficient (Wildman–Crippen LogP) is 9.90. The van der Waals surface area contributed by atoms with Crippen molar-refractivity contribution in [3.63, 3.8) is 0 Å². The molecule has 0 bridgehead atoms. The van der Waals surface area contributed by atoms with E-state index < -0.39 is 0 Å². The molecule has 33 heavy (non-hydrogen) atoms. The first-order chi connectivity index (χ1) is 16.3. The summed E-state index contributed by atoms with van der Waals surface area (Å²) >= 11 is 3.86. The topological polar surface area (TPSA) is 0 Å². The first-order valence-corrected chi connectivity index (χ1v) is 12.9. The molecule has 0 N–H and O–H groups in total. The summed E-state index contributed by atoms with van der Waals surface area (Å²) in [7, 11) is 0. The maximum atomic E-state index is 2.38. The Bertz CT molecular complexity index is 1630. The minimum atomic E-state index is 1.30. The van der Waals surface area contributed by atoms with E-state index in [0.717, 1.165) is 0 Å². The van der Waals surface area contributed by atoms with Crippen LogP contribution in [0.2, 0.25) is 0 Å². The van der Waals surface area contributed by atoms with Crippen LogP contribution in [0.1, 0.15) is 4.88 Å². The number of hydrogen-bond acceptors (Lipinski definition) is 2. The lowest BCUT2D eigenvalue weighted by Crippen LogP contribution is -1.81. The fourth-order valence-corrected chi connectivity index (χ4v) is 8.17. The molecule has 0 saturated heterocycles. The van der Waals surface area contributed by atoms with Gasteiger partial charge in [-0.2, -0.15) is 0 Å². The number of thiophene rings is 2. The van der Waals surface area contributed by atoms with E-state index in [-0.39, 0.29) is 0 Å². The average Bonchev–Trinajstić information content (AvgIpc) is 3.58. The highest BCUT2D eigenvalue weighted by atomic mass is 32.1. The summed E-state index contributed by atoms with van der Waals surface area (Å²) in [5, 5.41) is 2.89. The highest BCUT2D eigenvalue weighted by molar-refractivity contribution is 7.20. The second-order valence-electron chi connectivity index (χ2n) is 8.91. The van der Waals surface area contributed by atoms with Crippen LogP contribution in [0.3, 0.4) is 0 Å². The molecule has 2 heterocycles. The van der Waals surface area contributed by atoms with Gasteiger partial charge in [0.25, 0.3) is 0 Å². The first-order valence-electron chi connectivity index (χ1n) is 11.3. The van der Waals surface area contributed by atoms with Gasteiger partial charge in [-0.1, -0.05) is 84.9 Å². The molecule has 4 aromatic carbocycles. The maximum absolute atomic E-state index is 2.38. The Kier molecular flexibility index (Phi) is 3.45. The van der Waals surface area contributed by atoms with Gasteiger partial charge in [0.05, 0.1) is 0 Å². The SMILES string of the molecule is Cc1cc2c(s1)-c1ccc3c4c(ccc-2c14)-c1c(-c2ccccc2)sc(-c2ccccc2)c1-3. The summed E-state index contributed by atoms with van der Waals surface area (Å²) in [5.74, 6) is 0. The van der Waals surface area contributed by atoms with Crippen LogP contribution in [-0.4, -0.2) is 0 Å². The van der Waals surface area contributed by atoms with Gasteiger partial charge < -0.3 is 0 Å². The van der Waals surface area contributed by atoms with Crippen LogP contribution >= 0.6 is 22.7 Å². The van der Waals surface area contributed by atoms with Gasteiger partial charge in [0.15, 0.2) is 0 Å². The second-order valence-corrected chi connectivity index (χ2v) is 11.2. The van der Waals surface area contributed by atoms with Gasteiger partial charge in [-0.3, -0.25) is 0 Å². The van der Waals surface area contributed by atoms with Gasteiger partial charge in [-0.25, -0.2) is 0 Å². The summed E-state index contributed by atoms with van der Waals surface area (Å²) < 4.78 is 0. The Balaban J connectivity index is 1.51. The van der Waals surface area contributed by atoms with Crippen molar-refractivity contribution in [3.8, 4) is 64.7 Å². The maximum Gasteiger partial charge on any atom is 0.0434 e. The lowest BCUT2D eigenvalue weighted by Gasteiger charge is -2.09. The number of fused-ring (bicyclic) bond motifs is 6. The molecule has 2 heteroatoms. The molecular formula is C31H18S2. The first kappa shape index (κ1) is 18.0. The summed E-state index contributed by atoms with van der Waals surface area (Å²) in [6.07, 6.45) is 0. The van der Waals surface area contributed by atoms with Crippen molar-refractivity contribution in [1.82, 2.24) is 0 Å². The molecule has 0 radical (unpaired) electrons. The molecule has 0 unspecified atom stereocenters. The molecule has 2 aliphatic rings. The lowest BCUT2D eigenvalue weighted by atomic mass is 9.97. The Morgan fingerprint density at radius 1 is 0.455 bits per heavy atom. The van der Waals surface area contributed by atoms with E-state index in [1.165, 1.54) is 80.4 Å². The quantitative estimate of drug-likeness (QED) is 0.244. The molecule has 0 saturated carbocycles. The fraction of sp³-hybridized carbons (Fsp3) is 0.0323. The van der Waals surface area contributed by atoms with Crippen molar-refractivity contribution in [2.75, 3.05) is 0 Å². The zero-order valence-corrected chi connectivity index (χ0v) is 19.6. The normalized spacial score (nSPS) is 12.4. The number of aryl methyl sites for hydroxylation is 1. The van der Waals surface area contributed by atoms with E-state index in [9.17, 15) is 0 Å². The smallest absolute Gasteiger partial charge is 0.0434 e. The molecule has 0 spiro atoms. The van der Waals surface area contributed by atoms with Gasteiger partial charge in [0.2, 0.25) is 0 Å². The number of rotatable bonds is 2. The van der Waals surface area contributed by atoms with Gasteiger partial charge in [0.1, 0.15) is 0 Å². The number of benzene rings is 4. The lowest BCUT2D eigenvalue weighted by molar-refractivity contribution is 1.64. The zero-order chi connectivity index (χ0) is 21.7. The largest absolute Gasteiger partial charge is 0.140 e. The minimum Gasteiger partial charge on any atom is -0.140 e. The fourth-order valence-electron chi connectivity index (χ4n) is 5.77. The van der Waals surface area contributed by atoms with Gasteiger partial charge in [0, 0.05) is 41.8 Å². The summed E-state index contributed by atoms with van der Waals surface area (Å²) in [4.78, 5) is 5.58. The molecule has 0 nitrogen and oxygen atoms in total. The summed E-state index contributed by atoms with van der Waals surface area (Å²) in [6.45, 7) is 2.22. The third-order valence-electron chi connectivity index (χ3n) is 7.07. The average molecular weight is 455 g/mol. The molecule has 0 aliphatic heterocycles. The highest BCUT2D eigenvalue weighted by Gasteiger charge is 2.34. The Morgan fingerprint density at radius 3 is 1.58 bits per heavy atom. The van der Waals surface area contributed by atoms with Gasteiger partial charge >= 0.3 is 0 Å². The van der Waals surface area contributed by atoms with Crippen LogP contribution in [0.4, 0.5) is 0 Å². The van der Waals surface area contributed by atoms with E-state index in [2.05, 4.69) is 97.9 Å². The van der Waals surface area contributed by atoms with E-state index in [4.69, 9.17) is 0 Å². The molecule has 2 aromatic heterocycles. The molecule has 2 aliphatic carbocycles.